The highest BCUT2D eigenvalue weighted by atomic mass is 79.9. The second-order valence-corrected chi connectivity index (χ2v) is 5.18. The molecule has 1 saturated carbocycles. The first-order valence-corrected chi connectivity index (χ1v) is 6.13. The minimum atomic E-state index is 0.0470. The number of hydrogen-bond donors (Lipinski definition) is 1. The van der Waals surface area contributed by atoms with E-state index in [1.807, 2.05) is 25.1 Å². The monoisotopic (exact) mass is 269 g/mol. The van der Waals surface area contributed by atoms with E-state index in [1.54, 1.807) is 0 Å². The second kappa shape index (κ2) is 4.54. The third kappa shape index (κ3) is 3.21. The summed E-state index contributed by atoms with van der Waals surface area (Å²) < 4.78 is 6.75. The van der Waals surface area contributed by atoms with E-state index in [0.29, 0.717) is 0 Å². The molecule has 1 aromatic rings. The number of ether oxygens (including phenoxy) is 1. The number of rotatable bonds is 4. The minimum Gasteiger partial charge on any atom is -0.493 e. The molecule has 2 nitrogen and oxygen atoms in total. The lowest BCUT2D eigenvalue weighted by Crippen LogP contribution is -2.06. The van der Waals surface area contributed by atoms with E-state index in [4.69, 9.17) is 10.5 Å². The first kappa shape index (κ1) is 11.0. The van der Waals surface area contributed by atoms with Crippen molar-refractivity contribution in [2.75, 3.05) is 6.61 Å². The highest BCUT2D eigenvalue weighted by molar-refractivity contribution is 9.10. The van der Waals surface area contributed by atoms with Gasteiger partial charge in [-0.2, -0.15) is 0 Å². The van der Waals surface area contributed by atoms with Gasteiger partial charge >= 0.3 is 0 Å². The summed E-state index contributed by atoms with van der Waals surface area (Å²) in [5, 5.41) is 0. The maximum absolute atomic E-state index is 5.84. The molecular formula is C12H16BrNO. The largest absolute Gasteiger partial charge is 0.493 e. The Labute approximate surface area is 98.9 Å². The number of halogens is 1. The van der Waals surface area contributed by atoms with E-state index in [0.717, 1.165) is 28.3 Å². The van der Waals surface area contributed by atoms with Gasteiger partial charge in [0.2, 0.25) is 0 Å². The fraction of sp³-hybridized carbons (Fsp3) is 0.500. The van der Waals surface area contributed by atoms with Crippen molar-refractivity contribution in [3.05, 3.63) is 28.2 Å². The summed E-state index contributed by atoms with van der Waals surface area (Å²) in [6, 6.07) is 6.10. The molecule has 1 atom stereocenters. The molecule has 1 aliphatic carbocycles. The Morgan fingerprint density at radius 3 is 2.80 bits per heavy atom. The molecule has 0 aromatic heterocycles. The standard InChI is InChI=1S/C12H16BrNO/c1-8(14)10-4-11(13)6-12(5-10)15-7-9-2-3-9/h4-6,8-9H,2-3,7,14H2,1H3. The van der Waals surface area contributed by atoms with Crippen LogP contribution in [-0.2, 0) is 0 Å². The molecule has 0 aliphatic heterocycles. The van der Waals surface area contributed by atoms with E-state index in [1.165, 1.54) is 12.8 Å². The van der Waals surface area contributed by atoms with Crippen LogP contribution in [0.4, 0.5) is 0 Å². The minimum absolute atomic E-state index is 0.0470. The molecule has 1 fully saturated rings. The van der Waals surface area contributed by atoms with E-state index >= 15 is 0 Å². The zero-order valence-electron chi connectivity index (χ0n) is 8.87. The van der Waals surface area contributed by atoms with Crippen molar-refractivity contribution in [2.45, 2.75) is 25.8 Å². The van der Waals surface area contributed by atoms with Crippen LogP contribution in [0.25, 0.3) is 0 Å². The van der Waals surface area contributed by atoms with E-state index in [-0.39, 0.29) is 6.04 Å². The Bertz CT molecular complexity index is 347. The molecule has 0 saturated heterocycles. The molecule has 2 N–H and O–H groups in total. The van der Waals surface area contributed by atoms with Gasteiger partial charge in [0.15, 0.2) is 0 Å². The second-order valence-electron chi connectivity index (χ2n) is 4.26. The first-order valence-electron chi connectivity index (χ1n) is 5.34. The Morgan fingerprint density at radius 2 is 2.20 bits per heavy atom. The molecule has 1 aliphatic rings. The molecule has 0 bridgehead atoms. The Balaban J connectivity index is 2.07. The van der Waals surface area contributed by atoms with Gasteiger partial charge in [0, 0.05) is 10.5 Å². The van der Waals surface area contributed by atoms with E-state index in [2.05, 4.69) is 15.9 Å². The Kier molecular flexibility index (Phi) is 3.32. The Hall–Kier alpha value is -0.540. The third-order valence-corrected chi connectivity index (χ3v) is 3.06. The van der Waals surface area contributed by atoms with Crippen LogP contribution >= 0.6 is 15.9 Å². The van der Waals surface area contributed by atoms with E-state index < -0.39 is 0 Å². The van der Waals surface area contributed by atoms with Crippen molar-refractivity contribution in [3.63, 3.8) is 0 Å². The molecule has 0 amide bonds. The van der Waals surface area contributed by atoms with Gasteiger partial charge in [0.05, 0.1) is 6.61 Å². The first-order chi connectivity index (χ1) is 7.15. The molecule has 1 aromatic carbocycles. The van der Waals surface area contributed by atoms with Gasteiger partial charge in [-0.25, -0.2) is 0 Å². The number of nitrogens with two attached hydrogens (primary N) is 1. The molecule has 3 heteroatoms. The van der Waals surface area contributed by atoms with Gasteiger partial charge < -0.3 is 10.5 Å². The quantitative estimate of drug-likeness (QED) is 0.911. The highest BCUT2D eigenvalue weighted by Gasteiger charge is 2.22. The van der Waals surface area contributed by atoms with Crippen LogP contribution in [0.1, 0.15) is 31.4 Å². The summed E-state index contributed by atoms with van der Waals surface area (Å²) in [5.41, 5.74) is 6.95. The number of benzene rings is 1. The van der Waals surface area contributed by atoms with Crippen molar-refractivity contribution in [1.29, 1.82) is 0 Å². The van der Waals surface area contributed by atoms with Gasteiger partial charge in [-0.1, -0.05) is 15.9 Å². The molecular weight excluding hydrogens is 254 g/mol. The zero-order chi connectivity index (χ0) is 10.8. The smallest absolute Gasteiger partial charge is 0.120 e. The molecule has 0 heterocycles. The van der Waals surface area contributed by atoms with Crippen molar-refractivity contribution in [1.82, 2.24) is 0 Å². The summed E-state index contributed by atoms with van der Waals surface area (Å²) in [6.07, 6.45) is 2.63. The average molecular weight is 270 g/mol. The average Bonchev–Trinajstić information content (AvgIpc) is 2.97. The summed E-state index contributed by atoms with van der Waals surface area (Å²) >= 11 is 3.47. The van der Waals surface area contributed by atoms with Crippen LogP contribution in [0, 0.1) is 5.92 Å². The van der Waals surface area contributed by atoms with Crippen molar-refractivity contribution in [2.24, 2.45) is 11.7 Å². The number of hydrogen-bond acceptors (Lipinski definition) is 2. The molecule has 1 unspecified atom stereocenters. The van der Waals surface area contributed by atoms with Crippen molar-refractivity contribution >= 4 is 15.9 Å². The van der Waals surface area contributed by atoms with Crippen molar-refractivity contribution < 1.29 is 4.74 Å². The Morgan fingerprint density at radius 1 is 1.47 bits per heavy atom. The van der Waals surface area contributed by atoms with Crippen LogP contribution < -0.4 is 10.5 Å². The SMILES string of the molecule is CC(N)c1cc(Br)cc(OCC2CC2)c1. The van der Waals surface area contributed by atoms with Gasteiger partial charge in [0.25, 0.3) is 0 Å². The van der Waals surface area contributed by atoms with Crippen LogP contribution in [0.3, 0.4) is 0 Å². The lowest BCUT2D eigenvalue weighted by atomic mass is 10.1. The topological polar surface area (TPSA) is 35.2 Å². The molecule has 15 heavy (non-hydrogen) atoms. The molecule has 2 rings (SSSR count). The highest BCUT2D eigenvalue weighted by Crippen LogP contribution is 2.31. The van der Waals surface area contributed by atoms with Crippen LogP contribution in [-0.4, -0.2) is 6.61 Å². The lowest BCUT2D eigenvalue weighted by molar-refractivity contribution is 0.299. The maximum Gasteiger partial charge on any atom is 0.120 e. The lowest BCUT2D eigenvalue weighted by Gasteiger charge is -2.10. The predicted molar refractivity (Wildman–Crippen MR) is 65.0 cm³/mol. The fourth-order valence-corrected chi connectivity index (χ4v) is 1.92. The molecule has 0 spiro atoms. The van der Waals surface area contributed by atoms with Gasteiger partial charge in [0.1, 0.15) is 5.75 Å². The fourth-order valence-electron chi connectivity index (χ4n) is 1.43. The van der Waals surface area contributed by atoms with Crippen LogP contribution in [0.5, 0.6) is 5.75 Å². The zero-order valence-corrected chi connectivity index (χ0v) is 10.5. The summed E-state index contributed by atoms with van der Waals surface area (Å²) in [5.74, 6) is 1.70. The predicted octanol–water partition coefficient (Wildman–Crippen LogP) is 3.26. The summed E-state index contributed by atoms with van der Waals surface area (Å²) in [6.45, 7) is 2.82. The summed E-state index contributed by atoms with van der Waals surface area (Å²) in [4.78, 5) is 0. The maximum atomic E-state index is 5.84. The normalized spacial score (nSPS) is 17.5. The molecule has 82 valence electrons. The van der Waals surface area contributed by atoms with E-state index in [9.17, 15) is 0 Å². The van der Waals surface area contributed by atoms with Crippen LogP contribution in [0.15, 0.2) is 22.7 Å². The molecule has 0 radical (unpaired) electrons. The van der Waals surface area contributed by atoms with Gasteiger partial charge in [-0.3, -0.25) is 0 Å². The van der Waals surface area contributed by atoms with Crippen molar-refractivity contribution in [3.8, 4) is 5.75 Å². The summed E-state index contributed by atoms with van der Waals surface area (Å²) in [7, 11) is 0. The van der Waals surface area contributed by atoms with Gasteiger partial charge in [-0.15, -0.1) is 0 Å². The van der Waals surface area contributed by atoms with Crippen LogP contribution in [0.2, 0.25) is 0 Å². The van der Waals surface area contributed by atoms with Gasteiger partial charge in [-0.05, 0) is 49.4 Å². The third-order valence-electron chi connectivity index (χ3n) is 2.60.